The molecule has 3 amide bonds. The van der Waals surface area contributed by atoms with Gasteiger partial charge < -0.3 is 16.0 Å². The van der Waals surface area contributed by atoms with Crippen molar-refractivity contribution < 1.29 is 9.59 Å². The van der Waals surface area contributed by atoms with Crippen LogP contribution in [0.1, 0.15) is 11.6 Å². The van der Waals surface area contributed by atoms with Gasteiger partial charge in [-0.2, -0.15) is 0 Å². The maximum absolute atomic E-state index is 12.7. The zero-order chi connectivity index (χ0) is 17.1. The van der Waals surface area contributed by atoms with Gasteiger partial charge in [0.05, 0.1) is 6.04 Å². The molecule has 122 valence electrons. The summed E-state index contributed by atoms with van der Waals surface area (Å²) >= 11 is 5.92. The van der Waals surface area contributed by atoms with Crippen molar-refractivity contribution in [2.75, 3.05) is 5.32 Å². The van der Waals surface area contributed by atoms with E-state index in [2.05, 4.69) is 22.5 Å². The van der Waals surface area contributed by atoms with Gasteiger partial charge in [0.1, 0.15) is 5.92 Å². The minimum atomic E-state index is -0.649. The average molecular weight is 342 g/mol. The Kier molecular flexibility index (Phi) is 4.53. The Hall–Kier alpha value is -2.79. The summed E-state index contributed by atoms with van der Waals surface area (Å²) in [5.41, 5.74) is 1.82. The fourth-order valence-electron chi connectivity index (χ4n) is 2.68. The van der Waals surface area contributed by atoms with Crippen LogP contribution in [0.15, 0.2) is 66.9 Å². The van der Waals surface area contributed by atoms with Crippen LogP contribution in [0.2, 0.25) is 5.02 Å². The summed E-state index contributed by atoms with van der Waals surface area (Å²) < 4.78 is 0. The van der Waals surface area contributed by atoms with E-state index in [-0.39, 0.29) is 11.9 Å². The number of urea groups is 1. The first-order valence-corrected chi connectivity index (χ1v) is 7.80. The topological polar surface area (TPSA) is 70.2 Å². The number of para-hydroxylation sites is 1. The number of carbonyl (C=O) groups is 2. The second kappa shape index (κ2) is 6.76. The van der Waals surface area contributed by atoms with Gasteiger partial charge in [0.2, 0.25) is 5.91 Å². The predicted molar refractivity (Wildman–Crippen MR) is 93.6 cm³/mol. The van der Waals surface area contributed by atoms with Gasteiger partial charge in [-0.3, -0.25) is 4.79 Å². The average Bonchev–Trinajstić information content (AvgIpc) is 2.55. The monoisotopic (exact) mass is 341 g/mol. The summed E-state index contributed by atoms with van der Waals surface area (Å²) in [6.45, 7) is 3.84. The van der Waals surface area contributed by atoms with Gasteiger partial charge in [0.25, 0.3) is 0 Å². The first-order valence-electron chi connectivity index (χ1n) is 7.42. The van der Waals surface area contributed by atoms with Crippen molar-refractivity contribution in [2.45, 2.75) is 6.04 Å². The summed E-state index contributed by atoms with van der Waals surface area (Å²) in [7, 11) is 0. The first kappa shape index (κ1) is 16.1. The maximum atomic E-state index is 12.7. The highest BCUT2D eigenvalue weighted by molar-refractivity contribution is 6.30. The van der Waals surface area contributed by atoms with E-state index in [1.165, 1.54) is 0 Å². The van der Waals surface area contributed by atoms with Gasteiger partial charge in [-0.1, -0.05) is 48.5 Å². The molecule has 0 radical (unpaired) electrons. The largest absolute Gasteiger partial charge is 0.330 e. The number of carbonyl (C=O) groups excluding carboxylic acids is 2. The van der Waals surface area contributed by atoms with Crippen molar-refractivity contribution in [2.24, 2.45) is 5.92 Å². The second-order valence-electron chi connectivity index (χ2n) is 5.49. The fourth-order valence-corrected chi connectivity index (χ4v) is 2.81. The summed E-state index contributed by atoms with van der Waals surface area (Å²) in [6, 6.07) is 15.2. The number of nitrogens with one attached hydrogen (secondary N) is 3. The summed E-state index contributed by atoms with van der Waals surface area (Å²) in [4.78, 5) is 24.6. The zero-order valence-electron chi connectivity index (χ0n) is 12.8. The molecule has 0 saturated carbocycles. The van der Waals surface area contributed by atoms with Crippen LogP contribution in [0.5, 0.6) is 0 Å². The van der Waals surface area contributed by atoms with Crippen molar-refractivity contribution in [1.29, 1.82) is 0 Å². The molecule has 0 aliphatic carbocycles. The predicted octanol–water partition coefficient (Wildman–Crippen LogP) is 3.46. The molecule has 2 aromatic carbocycles. The van der Waals surface area contributed by atoms with Crippen molar-refractivity contribution in [3.05, 3.63) is 77.5 Å². The Morgan fingerprint density at radius 3 is 2.42 bits per heavy atom. The highest BCUT2D eigenvalue weighted by Gasteiger charge is 2.37. The molecule has 0 bridgehead atoms. The Balaban J connectivity index is 1.89. The molecule has 6 heteroatoms. The summed E-state index contributed by atoms with van der Waals surface area (Å²) in [5.74, 6) is -0.900. The maximum Gasteiger partial charge on any atom is 0.319 e. The van der Waals surface area contributed by atoms with Crippen molar-refractivity contribution in [1.82, 2.24) is 10.6 Å². The normalized spacial score (nSPS) is 20.0. The van der Waals surface area contributed by atoms with Crippen LogP contribution in [0, 0.1) is 5.92 Å². The van der Waals surface area contributed by atoms with Crippen molar-refractivity contribution in [3.8, 4) is 0 Å². The number of rotatable bonds is 3. The molecule has 2 atom stereocenters. The molecule has 2 aromatic rings. The van der Waals surface area contributed by atoms with Crippen molar-refractivity contribution >= 4 is 29.2 Å². The fraction of sp³-hybridized carbons (Fsp3) is 0.111. The number of benzene rings is 2. The number of anilines is 1. The third kappa shape index (κ3) is 3.41. The number of hydrogen-bond acceptors (Lipinski definition) is 2. The lowest BCUT2D eigenvalue weighted by atomic mass is 9.88. The minimum absolute atomic E-state index is 0.251. The molecule has 1 saturated heterocycles. The van der Waals surface area contributed by atoms with Gasteiger partial charge in [-0.05, 0) is 29.8 Å². The lowest BCUT2D eigenvalue weighted by Gasteiger charge is -2.33. The third-order valence-electron chi connectivity index (χ3n) is 3.82. The molecule has 5 nitrogen and oxygen atoms in total. The van der Waals surface area contributed by atoms with E-state index in [0.29, 0.717) is 16.4 Å². The smallest absolute Gasteiger partial charge is 0.319 e. The van der Waals surface area contributed by atoms with Crippen LogP contribution in [-0.4, -0.2) is 11.9 Å². The molecule has 3 N–H and O–H groups in total. The molecular weight excluding hydrogens is 326 g/mol. The highest BCUT2D eigenvalue weighted by Crippen LogP contribution is 2.31. The quantitative estimate of drug-likeness (QED) is 0.800. The van der Waals surface area contributed by atoms with Gasteiger partial charge >= 0.3 is 6.03 Å². The van der Waals surface area contributed by atoms with Crippen LogP contribution in [-0.2, 0) is 4.79 Å². The van der Waals surface area contributed by atoms with E-state index in [1.54, 1.807) is 36.4 Å². The molecule has 1 heterocycles. The standard InChI is InChI=1S/C18H16ClN3O2/c1-11-15(17(23)21-14-5-3-2-4-6-14)16(22-18(24)20-11)12-7-9-13(19)10-8-12/h2-10,15-16H,1H2,(H,21,23)(H2,20,22,24). The Bertz CT molecular complexity index is 775. The van der Waals surface area contributed by atoms with Crippen LogP contribution < -0.4 is 16.0 Å². The molecule has 1 aliphatic heterocycles. The van der Waals surface area contributed by atoms with Gasteiger partial charge in [-0.15, -0.1) is 0 Å². The first-order chi connectivity index (χ1) is 11.5. The summed E-state index contributed by atoms with van der Waals surface area (Å²) in [6.07, 6.45) is 0. The van der Waals surface area contributed by atoms with Gasteiger partial charge in [0, 0.05) is 16.4 Å². The number of halogens is 1. The minimum Gasteiger partial charge on any atom is -0.330 e. The van der Waals surface area contributed by atoms with E-state index < -0.39 is 12.0 Å². The van der Waals surface area contributed by atoms with Crippen LogP contribution >= 0.6 is 11.6 Å². The molecule has 3 rings (SSSR count). The SMILES string of the molecule is C=C1NC(=O)NC(c2ccc(Cl)cc2)C1C(=O)Nc1ccccc1. The molecule has 0 spiro atoms. The Morgan fingerprint density at radius 1 is 1.08 bits per heavy atom. The second-order valence-corrected chi connectivity index (χ2v) is 5.92. The third-order valence-corrected chi connectivity index (χ3v) is 4.07. The molecule has 0 aromatic heterocycles. The molecule has 2 unspecified atom stereocenters. The molecule has 1 aliphatic rings. The molecular formula is C18H16ClN3O2. The zero-order valence-corrected chi connectivity index (χ0v) is 13.5. The van der Waals surface area contributed by atoms with E-state index in [4.69, 9.17) is 11.6 Å². The summed E-state index contributed by atoms with van der Waals surface area (Å²) in [5, 5.41) is 8.80. The lowest BCUT2D eigenvalue weighted by Crippen LogP contribution is -2.51. The Morgan fingerprint density at radius 2 is 1.75 bits per heavy atom. The lowest BCUT2D eigenvalue weighted by molar-refractivity contribution is -0.119. The molecule has 1 fully saturated rings. The van der Waals surface area contributed by atoms with E-state index in [1.807, 2.05) is 18.2 Å². The Labute approximate surface area is 144 Å². The van der Waals surface area contributed by atoms with Crippen LogP contribution in [0.4, 0.5) is 10.5 Å². The highest BCUT2D eigenvalue weighted by atomic mass is 35.5. The van der Waals surface area contributed by atoms with E-state index in [0.717, 1.165) is 5.56 Å². The van der Waals surface area contributed by atoms with Crippen LogP contribution in [0.25, 0.3) is 0 Å². The van der Waals surface area contributed by atoms with Crippen molar-refractivity contribution in [3.63, 3.8) is 0 Å². The number of hydrogen-bond donors (Lipinski definition) is 3. The van der Waals surface area contributed by atoms with Gasteiger partial charge in [-0.25, -0.2) is 4.79 Å². The van der Waals surface area contributed by atoms with E-state index >= 15 is 0 Å². The molecule has 24 heavy (non-hydrogen) atoms. The number of amides is 3. The van der Waals surface area contributed by atoms with Crippen LogP contribution in [0.3, 0.4) is 0 Å². The van der Waals surface area contributed by atoms with Gasteiger partial charge in [0.15, 0.2) is 0 Å². The van der Waals surface area contributed by atoms with E-state index in [9.17, 15) is 9.59 Å².